The normalized spacial score (nSPS) is 10.6. The number of nitrogens with one attached hydrogen (secondary N) is 1. The van der Waals surface area contributed by atoms with E-state index in [1.54, 1.807) is 19.1 Å². The first kappa shape index (κ1) is 16.5. The van der Waals surface area contributed by atoms with Crippen molar-refractivity contribution < 1.29 is 14.0 Å². The first-order chi connectivity index (χ1) is 12.1. The smallest absolute Gasteiger partial charge is 0.295 e. The standard InChI is InChI=1S/C19H17N3O3/c1-13-17(15-7-2-3-8-16(15)21-13)18(23)19(24)22(10-5-9-20)12-14-6-4-11-25-14/h2-4,6-8,11,21H,5,10,12H2,1H3. The van der Waals surface area contributed by atoms with E-state index in [2.05, 4.69) is 4.98 Å². The number of aromatic nitrogens is 1. The molecule has 2 heterocycles. The number of rotatable bonds is 6. The Morgan fingerprint density at radius 3 is 2.76 bits per heavy atom. The summed E-state index contributed by atoms with van der Waals surface area (Å²) < 4.78 is 5.26. The molecule has 2 aromatic heterocycles. The number of aromatic amines is 1. The molecule has 1 aromatic carbocycles. The van der Waals surface area contributed by atoms with E-state index in [1.807, 2.05) is 30.3 Å². The number of carbonyl (C=O) groups excluding carboxylic acids is 2. The van der Waals surface area contributed by atoms with Crippen LogP contribution in [-0.2, 0) is 11.3 Å². The summed E-state index contributed by atoms with van der Waals surface area (Å²) in [5.74, 6) is -0.659. The van der Waals surface area contributed by atoms with Crippen LogP contribution in [0.4, 0.5) is 0 Å². The molecule has 25 heavy (non-hydrogen) atoms. The Bertz CT molecular complexity index is 948. The molecule has 0 atom stereocenters. The maximum Gasteiger partial charge on any atom is 0.295 e. The first-order valence-corrected chi connectivity index (χ1v) is 7.92. The van der Waals surface area contributed by atoms with E-state index in [-0.39, 0.29) is 19.5 Å². The van der Waals surface area contributed by atoms with Gasteiger partial charge in [-0.25, -0.2) is 0 Å². The van der Waals surface area contributed by atoms with Crippen molar-refractivity contribution in [3.63, 3.8) is 0 Å². The minimum atomic E-state index is -0.639. The molecular formula is C19H17N3O3. The molecule has 6 heteroatoms. The Hall–Kier alpha value is -3.33. The number of fused-ring (bicyclic) bond motifs is 1. The minimum absolute atomic E-state index is 0.145. The van der Waals surface area contributed by atoms with Crippen LogP contribution in [0.25, 0.3) is 10.9 Å². The number of furan rings is 1. The maximum atomic E-state index is 12.8. The van der Waals surface area contributed by atoms with Gasteiger partial charge in [0.25, 0.3) is 11.7 Å². The molecule has 1 amide bonds. The van der Waals surface area contributed by atoms with Crippen molar-refractivity contribution in [1.29, 1.82) is 5.26 Å². The summed E-state index contributed by atoms with van der Waals surface area (Å²) in [6.45, 7) is 2.09. The molecule has 126 valence electrons. The summed E-state index contributed by atoms with van der Waals surface area (Å²) >= 11 is 0. The van der Waals surface area contributed by atoms with Gasteiger partial charge in [-0.2, -0.15) is 5.26 Å². The van der Waals surface area contributed by atoms with Gasteiger partial charge in [0.15, 0.2) is 0 Å². The third-order valence-corrected chi connectivity index (χ3v) is 4.02. The molecule has 0 aliphatic carbocycles. The van der Waals surface area contributed by atoms with Crippen molar-refractivity contribution >= 4 is 22.6 Å². The fourth-order valence-electron chi connectivity index (χ4n) is 2.85. The van der Waals surface area contributed by atoms with Gasteiger partial charge in [0, 0.05) is 23.1 Å². The predicted octanol–water partition coefficient (Wildman–Crippen LogP) is 3.19. The number of ketones is 1. The number of Topliss-reactive ketones (excluding diaryl/α,β-unsaturated/α-hetero) is 1. The average molecular weight is 335 g/mol. The number of nitrogens with zero attached hydrogens (tertiary/aromatic N) is 2. The number of aryl methyl sites for hydroxylation is 1. The SMILES string of the molecule is Cc1[nH]c2ccccc2c1C(=O)C(=O)N(CCC#N)Cc1ccco1. The van der Waals surface area contributed by atoms with Gasteiger partial charge in [0.1, 0.15) is 5.76 Å². The third-order valence-electron chi connectivity index (χ3n) is 4.02. The molecule has 0 aliphatic rings. The van der Waals surface area contributed by atoms with E-state index in [0.29, 0.717) is 17.0 Å². The van der Waals surface area contributed by atoms with Gasteiger partial charge >= 0.3 is 0 Å². The summed E-state index contributed by atoms with van der Waals surface area (Å²) in [4.78, 5) is 30.1. The highest BCUT2D eigenvalue weighted by atomic mass is 16.3. The lowest BCUT2D eigenvalue weighted by Crippen LogP contribution is -2.37. The van der Waals surface area contributed by atoms with E-state index >= 15 is 0 Å². The molecule has 0 bridgehead atoms. The molecule has 0 unspecified atom stereocenters. The van der Waals surface area contributed by atoms with Crippen LogP contribution in [0.5, 0.6) is 0 Å². The fraction of sp³-hybridized carbons (Fsp3) is 0.211. The van der Waals surface area contributed by atoms with Gasteiger partial charge in [0.05, 0.1) is 30.9 Å². The molecule has 0 saturated carbocycles. The molecule has 3 aromatic rings. The quantitative estimate of drug-likeness (QED) is 0.553. The van der Waals surface area contributed by atoms with E-state index in [4.69, 9.17) is 9.68 Å². The number of hydrogen-bond donors (Lipinski definition) is 1. The van der Waals surface area contributed by atoms with Crippen molar-refractivity contribution in [1.82, 2.24) is 9.88 Å². The molecule has 0 spiro atoms. The van der Waals surface area contributed by atoms with E-state index < -0.39 is 11.7 Å². The molecule has 6 nitrogen and oxygen atoms in total. The molecular weight excluding hydrogens is 318 g/mol. The lowest BCUT2D eigenvalue weighted by molar-refractivity contribution is -0.127. The van der Waals surface area contributed by atoms with E-state index in [0.717, 1.165) is 10.9 Å². The monoisotopic (exact) mass is 335 g/mol. The third kappa shape index (κ3) is 3.31. The number of carbonyl (C=O) groups is 2. The number of nitriles is 1. The van der Waals surface area contributed by atoms with Gasteiger partial charge < -0.3 is 14.3 Å². The maximum absolute atomic E-state index is 12.8. The summed E-state index contributed by atoms with van der Waals surface area (Å²) in [5.41, 5.74) is 1.84. The van der Waals surface area contributed by atoms with Gasteiger partial charge in [0.2, 0.25) is 0 Å². The zero-order valence-electron chi connectivity index (χ0n) is 13.8. The lowest BCUT2D eigenvalue weighted by atomic mass is 10.1. The van der Waals surface area contributed by atoms with Crippen LogP contribution in [0, 0.1) is 18.3 Å². The number of H-pyrrole nitrogens is 1. The number of para-hydroxylation sites is 1. The van der Waals surface area contributed by atoms with Crippen LogP contribution < -0.4 is 0 Å². The van der Waals surface area contributed by atoms with Crippen molar-refractivity contribution in [2.45, 2.75) is 19.9 Å². The number of hydrogen-bond acceptors (Lipinski definition) is 4. The number of benzene rings is 1. The molecule has 3 rings (SSSR count). The lowest BCUT2D eigenvalue weighted by Gasteiger charge is -2.19. The second-order valence-corrected chi connectivity index (χ2v) is 5.71. The van der Waals surface area contributed by atoms with E-state index in [1.165, 1.54) is 11.2 Å². The second-order valence-electron chi connectivity index (χ2n) is 5.71. The second kappa shape index (κ2) is 7.05. The Morgan fingerprint density at radius 1 is 1.24 bits per heavy atom. The zero-order chi connectivity index (χ0) is 17.8. The first-order valence-electron chi connectivity index (χ1n) is 7.92. The molecule has 0 aliphatic heterocycles. The van der Waals surface area contributed by atoms with Crippen LogP contribution in [0.15, 0.2) is 47.1 Å². The van der Waals surface area contributed by atoms with E-state index in [9.17, 15) is 9.59 Å². The van der Waals surface area contributed by atoms with Crippen LogP contribution in [-0.4, -0.2) is 28.1 Å². The summed E-state index contributed by atoms with van der Waals surface area (Å²) in [6, 6.07) is 12.8. The van der Waals surface area contributed by atoms with Gasteiger partial charge in [-0.3, -0.25) is 9.59 Å². The van der Waals surface area contributed by atoms with Gasteiger partial charge in [-0.1, -0.05) is 18.2 Å². The van der Waals surface area contributed by atoms with Crippen LogP contribution in [0.2, 0.25) is 0 Å². The highest BCUT2D eigenvalue weighted by Gasteiger charge is 2.27. The summed E-state index contributed by atoms with van der Waals surface area (Å²) in [7, 11) is 0. The number of amides is 1. The summed E-state index contributed by atoms with van der Waals surface area (Å²) in [6.07, 6.45) is 1.65. The highest BCUT2D eigenvalue weighted by molar-refractivity contribution is 6.45. The summed E-state index contributed by atoms with van der Waals surface area (Å²) in [5, 5.41) is 9.55. The fourth-order valence-corrected chi connectivity index (χ4v) is 2.85. The van der Waals surface area contributed by atoms with Crippen molar-refractivity contribution in [3.05, 3.63) is 59.7 Å². The molecule has 1 N–H and O–H groups in total. The predicted molar refractivity (Wildman–Crippen MR) is 91.7 cm³/mol. The average Bonchev–Trinajstić information content (AvgIpc) is 3.23. The Kier molecular flexibility index (Phi) is 4.66. The van der Waals surface area contributed by atoms with Crippen molar-refractivity contribution in [2.75, 3.05) is 6.54 Å². The molecule has 0 radical (unpaired) electrons. The Morgan fingerprint density at radius 2 is 2.04 bits per heavy atom. The zero-order valence-corrected chi connectivity index (χ0v) is 13.8. The Labute approximate surface area is 144 Å². The Balaban J connectivity index is 1.91. The van der Waals surface area contributed by atoms with Crippen LogP contribution in [0.3, 0.4) is 0 Å². The van der Waals surface area contributed by atoms with Crippen LogP contribution in [0.1, 0.15) is 28.2 Å². The van der Waals surface area contributed by atoms with Gasteiger partial charge in [-0.05, 0) is 25.1 Å². The van der Waals surface area contributed by atoms with Crippen molar-refractivity contribution in [3.8, 4) is 6.07 Å². The largest absolute Gasteiger partial charge is 0.467 e. The van der Waals surface area contributed by atoms with Crippen LogP contribution >= 0.6 is 0 Å². The minimum Gasteiger partial charge on any atom is -0.467 e. The molecule has 0 saturated heterocycles. The topological polar surface area (TPSA) is 90.1 Å². The highest BCUT2D eigenvalue weighted by Crippen LogP contribution is 2.23. The van der Waals surface area contributed by atoms with Crippen molar-refractivity contribution in [2.24, 2.45) is 0 Å². The molecule has 0 fully saturated rings. The van der Waals surface area contributed by atoms with Gasteiger partial charge in [-0.15, -0.1) is 0 Å².